The van der Waals surface area contributed by atoms with Crippen LogP contribution in [-0.2, 0) is 11.3 Å². The van der Waals surface area contributed by atoms with Crippen LogP contribution in [0.15, 0.2) is 72.8 Å². The Bertz CT molecular complexity index is 995. The molecule has 0 saturated carbocycles. The van der Waals surface area contributed by atoms with Crippen LogP contribution >= 0.6 is 0 Å². The van der Waals surface area contributed by atoms with Gasteiger partial charge in [0.2, 0.25) is 0 Å². The number of aliphatic hydroxyl groups excluding tert-OH is 1. The molecular formula is C26H28FNO3. The zero-order valence-electron chi connectivity index (χ0n) is 17.7. The second kappa shape index (κ2) is 10.1. The van der Waals surface area contributed by atoms with Crippen molar-refractivity contribution in [2.24, 2.45) is 0 Å². The van der Waals surface area contributed by atoms with Crippen molar-refractivity contribution in [3.05, 3.63) is 89.7 Å². The third-order valence-corrected chi connectivity index (χ3v) is 5.88. The molecule has 0 amide bonds. The molecule has 4 nitrogen and oxygen atoms in total. The van der Waals surface area contributed by atoms with Crippen LogP contribution in [0.1, 0.15) is 17.0 Å². The lowest BCUT2D eigenvalue weighted by atomic mass is 9.86. The van der Waals surface area contributed by atoms with E-state index >= 15 is 0 Å². The highest BCUT2D eigenvalue weighted by atomic mass is 19.1. The lowest BCUT2D eigenvalue weighted by Gasteiger charge is -2.37. The van der Waals surface area contributed by atoms with Gasteiger partial charge < -0.3 is 14.6 Å². The van der Waals surface area contributed by atoms with Gasteiger partial charge in [0.25, 0.3) is 0 Å². The van der Waals surface area contributed by atoms with E-state index in [0.29, 0.717) is 17.9 Å². The van der Waals surface area contributed by atoms with Crippen molar-refractivity contribution in [1.29, 1.82) is 0 Å². The molecule has 1 heterocycles. The first-order valence-corrected chi connectivity index (χ1v) is 10.6. The van der Waals surface area contributed by atoms with Crippen LogP contribution in [0, 0.1) is 5.82 Å². The minimum atomic E-state index is -0.325. The Morgan fingerprint density at radius 3 is 2.61 bits per heavy atom. The Balaban J connectivity index is 1.62. The SMILES string of the molecule is COc1ccc(F)cc1-c1ccccc1C(CO)C1CN(Cc2ccccc2)CCO1. The van der Waals surface area contributed by atoms with Crippen molar-refractivity contribution in [2.45, 2.75) is 18.6 Å². The summed E-state index contributed by atoms with van der Waals surface area (Å²) in [5.74, 6) is 0.0395. The topological polar surface area (TPSA) is 41.9 Å². The third-order valence-electron chi connectivity index (χ3n) is 5.88. The van der Waals surface area contributed by atoms with E-state index in [1.807, 2.05) is 42.5 Å². The van der Waals surface area contributed by atoms with Gasteiger partial charge in [-0.15, -0.1) is 0 Å². The summed E-state index contributed by atoms with van der Waals surface area (Å²) in [7, 11) is 1.58. The van der Waals surface area contributed by atoms with Crippen molar-refractivity contribution in [1.82, 2.24) is 4.90 Å². The van der Waals surface area contributed by atoms with E-state index in [0.717, 1.165) is 30.8 Å². The number of ether oxygens (including phenoxy) is 2. The van der Waals surface area contributed by atoms with Crippen molar-refractivity contribution in [3.63, 3.8) is 0 Å². The van der Waals surface area contributed by atoms with E-state index < -0.39 is 0 Å². The number of hydrogen-bond acceptors (Lipinski definition) is 4. The van der Waals surface area contributed by atoms with Gasteiger partial charge in [0.05, 0.1) is 26.4 Å². The number of aliphatic hydroxyl groups is 1. The van der Waals surface area contributed by atoms with Gasteiger partial charge in [0, 0.05) is 31.1 Å². The zero-order valence-corrected chi connectivity index (χ0v) is 17.7. The molecule has 5 heteroatoms. The lowest BCUT2D eigenvalue weighted by molar-refractivity contribution is -0.0520. The van der Waals surface area contributed by atoms with Crippen molar-refractivity contribution >= 4 is 0 Å². The molecule has 0 bridgehead atoms. The molecule has 0 aromatic heterocycles. The summed E-state index contributed by atoms with van der Waals surface area (Å²) >= 11 is 0. The average Bonchev–Trinajstić information content (AvgIpc) is 2.81. The highest BCUT2D eigenvalue weighted by Gasteiger charge is 2.31. The van der Waals surface area contributed by atoms with Crippen LogP contribution in [0.5, 0.6) is 5.75 Å². The number of morpholine rings is 1. The Hall–Kier alpha value is -2.73. The van der Waals surface area contributed by atoms with Crippen LogP contribution in [0.2, 0.25) is 0 Å². The van der Waals surface area contributed by atoms with Gasteiger partial charge >= 0.3 is 0 Å². The first kappa shape index (κ1) is 21.5. The molecule has 1 aliphatic heterocycles. The Morgan fingerprint density at radius 1 is 1.06 bits per heavy atom. The second-order valence-electron chi connectivity index (χ2n) is 7.85. The van der Waals surface area contributed by atoms with Crippen molar-refractivity contribution in [2.75, 3.05) is 33.4 Å². The molecule has 1 fully saturated rings. The maximum Gasteiger partial charge on any atom is 0.126 e. The molecule has 3 aromatic carbocycles. The minimum absolute atomic E-state index is 0.0571. The van der Waals surface area contributed by atoms with Gasteiger partial charge in [-0.25, -0.2) is 4.39 Å². The van der Waals surface area contributed by atoms with Gasteiger partial charge in [-0.2, -0.15) is 0 Å². The highest BCUT2D eigenvalue weighted by Crippen LogP contribution is 2.38. The molecule has 0 aliphatic carbocycles. The molecule has 2 atom stereocenters. The molecule has 3 aromatic rings. The van der Waals surface area contributed by atoms with Gasteiger partial charge in [-0.1, -0.05) is 54.6 Å². The Morgan fingerprint density at radius 2 is 1.84 bits per heavy atom. The third kappa shape index (κ3) is 4.96. The number of hydrogen-bond donors (Lipinski definition) is 1. The monoisotopic (exact) mass is 421 g/mol. The van der Waals surface area contributed by atoms with Crippen LogP contribution < -0.4 is 4.74 Å². The molecule has 0 radical (unpaired) electrons. The predicted molar refractivity (Wildman–Crippen MR) is 120 cm³/mol. The second-order valence-corrected chi connectivity index (χ2v) is 7.85. The smallest absolute Gasteiger partial charge is 0.126 e. The van der Waals surface area contributed by atoms with Crippen LogP contribution in [0.4, 0.5) is 4.39 Å². The molecular weight excluding hydrogens is 393 g/mol. The van der Waals surface area contributed by atoms with Gasteiger partial charge in [-0.05, 0) is 34.9 Å². The van der Waals surface area contributed by atoms with E-state index in [2.05, 4.69) is 17.0 Å². The number of rotatable bonds is 7. The molecule has 1 saturated heterocycles. The van der Waals surface area contributed by atoms with E-state index in [-0.39, 0.29) is 24.4 Å². The van der Waals surface area contributed by atoms with Crippen LogP contribution in [0.3, 0.4) is 0 Å². The molecule has 162 valence electrons. The van der Waals surface area contributed by atoms with E-state index in [4.69, 9.17) is 9.47 Å². The van der Waals surface area contributed by atoms with Crippen LogP contribution in [-0.4, -0.2) is 49.5 Å². The summed E-state index contributed by atoms with van der Waals surface area (Å²) < 4.78 is 25.7. The van der Waals surface area contributed by atoms with Gasteiger partial charge in [0.1, 0.15) is 11.6 Å². The fraction of sp³-hybridized carbons (Fsp3) is 0.308. The summed E-state index contributed by atoms with van der Waals surface area (Å²) in [6.45, 7) is 2.97. The minimum Gasteiger partial charge on any atom is -0.496 e. The Labute approximate surface area is 182 Å². The summed E-state index contributed by atoms with van der Waals surface area (Å²) in [6.07, 6.45) is -0.164. The van der Waals surface area contributed by atoms with E-state index in [9.17, 15) is 9.50 Å². The number of methoxy groups -OCH3 is 1. The molecule has 0 spiro atoms. The maximum absolute atomic E-state index is 14.1. The molecule has 31 heavy (non-hydrogen) atoms. The highest BCUT2D eigenvalue weighted by molar-refractivity contribution is 5.74. The maximum atomic E-state index is 14.1. The van der Waals surface area contributed by atoms with E-state index in [1.165, 1.54) is 17.7 Å². The molecule has 1 aliphatic rings. The largest absolute Gasteiger partial charge is 0.496 e. The summed E-state index contributed by atoms with van der Waals surface area (Å²) in [6, 6.07) is 22.7. The predicted octanol–water partition coefficient (Wildman–Crippen LogP) is 4.48. The molecule has 1 N–H and O–H groups in total. The first-order chi connectivity index (χ1) is 15.2. The van der Waals surface area contributed by atoms with Crippen molar-refractivity contribution in [3.8, 4) is 16.9 Å². The standard InChI is InChI=1S/C26H28FNO3/c1-30-25-12-11-20(27)15-23(25)21-9-5-6-10-22(21)24(18-29)26-17-28(13-14-31-26)16-19-7-3-2-4-8-19/h2-12,15,24,26,29H,13-14,16-18H2,1H3. The van der Waals surface area contributed by atoms with Gasteiger partial charge in [0.15, 0.2) is 0 Å². The van der Waals surface area contributed by atoms with Crippen molar-refractivity contribution < 1.29 is 19.0 Å². The van der Waals surface area contributed by atoms with Crippen LogP contribution in [0.25, 0.3) is 11.1 Å². The summed E-state index contributed by atoms with van der Waals surface area (Å²) in [5.41, 5.74) is 3.71. The summed E-state index contributed by atoms with van der Waals surface area (Å²) in [5, 5.41) is 10.4. The number of benzene rings is 3. The lowest BCUT2D eigenvalue weighted by Crippen LogP contribution is -2.45. The van der Waals surface area contributed by atoms with Gasteiger partial charge in [-0.3, -0.25) is 4.90 Å². The number of halogens is 1. The number of nitrogens with zero attached hydrogens (tertiary/aromatic N) is 1. The fourth-order valence-corrected chi connectivity index (χ4v) is 4.33. The summed E-state index contributed by atoms with van der Waals surface area (Å²) in [4.78, 5) is 2.36. The quantitative estimate of drug-likeness (QED) is 0.611. The Kier molecular flexibility index (Phi) is 6.97. The van der Waals surface area contributed by atoms with E-state index in [1.54, 1.807) is 13.2 Å². The normalized spacial score (nSPS) is 18.0. The first-order valence-electron chi connectivity index (χ1n) is 10.6. The fourth-order valence-electron chi connectivity index (χ4n) is 4.33. The molecule has 4 rings (SSSR count). The average molecular weight is 422 g/mol. The molecule has 2 unspecified atom stereocenters. The zero-order chi connectivity index (χ0) is 21.6.